The van der Waals surface area contributed by atoms with Crippen molar-refractivity contribution >= 4 is 11.8 Å². The molecule has 4 heteroatoms. The maximum Gasteiger partial charge on any atom is 0.151 e. The molecule has 0 amide bonds. The molecule has 1 saturated heterocycles. The standard InChI is InChI=1S/C21H32O3S/c1-14-11-12-17-18(13-14)24-19(25-20(17,3)4)21(22,15(2)23-5)16-9-7-6-8-10-16/h6-10,14-15,17-19,22H,11-13H2,1-5H3/t14-,15+,17-,18-,19-,21-/m1/s1. The molecule has 0 radical (unpaired) electrons. The van der Waals surface area contributed by atoms with Crippen LogP contribution in [0.5, 0.6) is 0 Å². The van der Waals surface area contributed by atoms with E-state index in [1.165, 1.54) is 12.8 Å². The van der Waals surface area contributed by atoms with E-state index in [-0.39, 0.29) is 22.4 Å². The topological polar surface area (TPSA) is 38.7 Å². The quantitative estimate of drug-likeness (QED) is 0.848. The Hall–Kier alpha value is -0.550. The number of thioether (sulfide) groups is 1. The smallest absolute Gasteiger partial charge is 0.151 e. The highest BCUT2D eigenvalue weighted by molar-refractivity contribution is 8.01. The van der Waals surface area contributed by atoms with Gasteiger partial charge in [0.2, 0.25) is 0 Å². The van der Waals surface area contributed by atoms with Gasteiger partial charge >= 0.3 is 0 Å². The second-order valence-electron chi connectivity index (χ2n) is 8.32. The first-order chi connectivity index (χ1) is 11.8. The molecule has 140 valence electrons. The Bertz CT molecular complexity index is 576. The molecule has 3 rings (SSSR count). The van der Waals surface area contributed by atoms with Crippen LogP contribution in [0.25, 0.3) is 0 Å². The molecule has 1 N–H and O–H groups in total. The van der Waals surface area contributed by atoms with Crippen molar-refractivity contribution in [1.29, 1.82) is 0 Å². The van der Waals surface area contributed by atoms with Crippen LogP contribution >= 0.6 is 11.8 Å². The van der Waals surface area contributed by atoms with Gasteiger partial charge in [0.05, 0.1) is 12.2 Å². The fourth-order valence-electron chi connectivity index (χ4n) is 4.46. The van der Waals surface area contributed by atoms with Crippen molar-refractivity contribution in [2.24, 2.45) is 11.8 Å². The highest BCUT2D eigenvalue weighted by Gasteiger charge is 2.54. The van der Waals surface area contributed by atoms with Gasteiger partial charge in [-0.15, -0.1) is 11.8 Å². The van der Waals surface area contributed by atoms with E-state index in [1.807, 2.05) is 37.3 Å². The minimum atomic E-state index is -1.18. The van der Waals surface area contributed by atoms with Crippen LogP contribution in [0.2, 0.25) is 0 Å². The van der Waals surface area contributed by atoms with Gasteiger partial charge in [-0.05, 0) is 37.2 Å². The van der Waals surface area contributed by atoms with Gasteiger partial charge in [-0.2, -0.15) is 0 Å². The van der Waals surface area contributed by atoms with E-state index >= 15 is 0 Å². The highest BCUT2D eigenvalue weighted by atomic mass is 32.2. The fourth-order valence-corrected chi connectivity index (χ4v) is 6.17. The number of benzene rings is 1. The third-order valence-corrected chi connectivity index (χ3v) is 7.82. The third kappa shape index (κ3) is 3.51. The Morgan fingerprint density at radius 3 is 2.60 bits per heavy atom. The predicted octanol–water partition coefficient (Wildman–Crippen LogP) is 4.58. The fraction of sp³-hybridized carbons (Fsp3) is 0.714. The van der Waals surface area contributed by atoms with Crippen LogP contribution < -0.4 is 0 Å². The van der Waals surface area contributed by atoms with Gasteiger partial charge in [0.15, 0.2) is 5.60 Å². The number of hydrogen-bond acceptors (Lipinski definition) is 4. The second-order valence-corrected chi connectivity index (χ2v) is 10.0. The van der Waals surface area contributed by atoms with Crippen LogP contribution in [0.4, 0.5) is 0 Å². The average Bonchev–Trinajstić information content (AvgIpc) is 2.59. The maximum atomic E-state index is 11.8. The summed E-state index contributed by atoms with van der Waals surface area (Å²) in [4.78, 5) is 0. The lowest BCUT2D eigenvalue weighted by molar-refractivity contribution is -0.180. The molecule has 1 heterocycles. The molecule has 6 atom stereocenters. The van der Waals surface area contributed by atoms with Crippen molar-refractivity contribution in [3.05, 3.63) is 35.9 Å². The molecular weight excluding hydrogens is 332 g/mol. The van der Waals surface area contributed by atoms with E-state index in [0.717, 1.165) is 12.0 Å². The Balaban J connectivity index is 1.96. The molecule has 0 spiro atoms. The van der Waals surface area contributed by atoms with Gasteiger partial charge in [0.1, 0.15) is 5.44 Å². The van der Waals surface area contributed by atoms with Crippen molar-refractivity contribution in [2.75, 3.05) is 7.11 Å². The van der Waals surface area contributed by atoms with Crippen LogP contribution in [0.1, 0.15) is 52.5 Å². The SMILES string of the molecule is CO[C@@H](C)[C@@](O)(c1ccccc1)[C@@H]1O[C@@H]2C[C@H](C)CC[C@H]2C(C)(C)S1. The molecule has 1 aliphatic carbocycles. The van der Waals surface area contributed by atoms with Crippen molar-refractivity contribution in [2.45, 2.75) is 74.9 Å². The molecule has 0 unspecified atom stereocenters. The minimum absolute atomic E-state index is 0.0734. The lowest BCUT2D eigenvalue weighted by Gasteiger charge is -2.54. The Morgan fingerprint density at radius 1 is 1.28 bits per heavy atom. The largest absolute Gasteiger partial charge is 0.379 e. The van der Waals surface area contributed by atoms with Crippen molar-refractivity contribution < 1.29 is 14.6 Å². The minimum Gasteiger partial charge on any atom is -0.379 e. The van der Waals surface area contributed by atoms with E-state index in [2.05, 4.69) is 20.8 Å². The van der Waals surface area contributed by atoms with Crippen molar-refractivity contribution in [3.63, 3.8) is 0 Å². The van der Waals surface area contributed by atoms with Crippen LogP contribution in [-0.2, 0) is 15.1 Å². The van der Waals surface area contributed by atoms with E-state index in [4.69, 9.17) is 9.47 Å². The third-order valence-electron chi connectivity index (χ3n) is 6.22. The zero-order chi connectivity index (χ0) is 18.2. The van der Waals surface area contributed by atoms with Crippen LogP contribution in [0.3, 0.4) is 0 Å². The second kappa shape index (κ2) is 7.22. The van der Waals surface area contributed by atoms with Crippen LogP contribution in [-0.4, -0.2) is 34.6 Å². The van der Waals surface area contributed by atoms with Gasteiger partial charge < -0.3 is 14.6 Å². The number of hydrogen-bond donors (Lipinski definition) is 1. The summed E-state index contributed by atoms with van der Waals surface area (Å²) in [7, 11) is 1.66. The summed E-state index contributed by atoms with van der Waals surface area (Å²) in [5.41, 5.74) is -0.657. The number of fused-ring (bicyclic) bond motifs is 1. The van der Waals surface area contributed by atoms with Gasteiger partial charge in [-0.3, -0.25) is 0 Å². The zero-order valence-electron chi connectivity index (χ0n) is 16.1. The molecule has 0 bridgehead atoms. The van der Waals surface area contributed by atoms with Crippen LogP contribution in [0, 0.1) is 11.8 Å². The normalized spacial score (nSPS) is 35.4. The van der Waals surface area contributed by atoms with Gasteiger partial charge in [-0.25, -0.2) is 0 Å². The molecule has 0 aromatic heterocycles. The lowest BCUT2D eigenvalue weighted by atomic mass is 9.74. The predicted molar refractivity (Wildman–Crippen MR) is 104 cm³/mol. The van der Waals surface area contributed by atoms with Crippen LogP contribution in [0.15, 0.2) is 30.3 Å². The number of rotatable bonds is 4. The summed E-state index contributed by atoms with van der Waals surface area (Å²) in [5, 5.41) is 11.8. The first kappa shape index (κ1) is 19.2. The lowest BCUT2D eigenvalue weighted by Crippen LogP contribution is -2.57. The Kier molecular flexibility index (Phi) is 5.55. The highest BCUT2D eigenvalue weighted by Crippen LogP contribution is 2.54. The number of ether oxygens (including phenoxy) is 2. The van der Waals surface area contributed by atoms with Gasteiger partial charge in [-0.1, -0.05) is 57.5 Å². The molecule has 25 heavy (non-hydrogen) atoms. The number of aliphatic hydroxyl groups is 1. The average molecular weight is 365 g/mol. The first-order valence-electron chi connectivity index (χ1n) is 9.43. The number of methoxy groups -OCH3 is 1. The molecular formula is C21H32O3S. The first-order valence-corrected chi connectivity index (χ1v) is 10.3. The maximum absolute atomic E-state index is 11.8. The summed E-state index contributed by atoms with van der Waals surface area (Å²) in [6.07, 6.45) is 3.42. The Morgan fingerprint density at radius 2 is 1.96 bits per heavy atom. The van der Waals surface area contributed by atoms with Gasteiger partial charge in [0, 0.05) is 11.9 Å². The van der Waals surface area contributed by atoms with Gasteiger partial charge in [0.25, 0.3) is 0 Å². The summed E-state index contributed by atoms with van der Waals surface area (Å²) in [6, 6.07) is 9.85. The summed E-state index contributed by atoms with van der Waals surface area (Å²) < 4.78 is 12.3. The van der Waals surface area contributed by atoms with Crippen molar-refractivity contribution in [3.8, 4) is 0 Å². The molecule has 2 aliphatic rings. The van der Waals surface area contributed by atoms with E-state index in [1.54, 1.807) is 18.9 Å². The van der Waals surface area contributed by atoms with E-state index in [9.17, 15) is 5.11 Å². The molecule has 1 saturated carbocycles. The van der Waals surface area contributed by atoms with Crippen molar-refractivity contribution in [1.82, 2.24) is 0 Å². The molecule has 1 aliphatic heterocycles. The Labute approximate surface area is 156 Å². The summed E-state index contributed by atoms with van der Waals surface area (Å²) in [5.74, 6) is 1.23. The van der Waals surface area contributed by atoms with E-state index < -0.39 is 5.60 Å². The summed E-state index contributed by atoms with van der Waals surface area (Å²) in [6.45, 7) is 8.86. The zero-order valence-corrected chi connectivity index (χ0v) is 16.9. The molecule has 2 fully saturated rings. The molecule has 1 aromatic rings. The molecule has 3 nitrogen and oxygen atoms in total. The molecule has 1 aromatic carbocycles. The monoisotopic (exact) mass is 364 g/mol. The van der Waals surface area contributed by atoms with E-state index in [0.29, 0.717) is 11.8 Å². The summed E-state index contributed by atoms with van der Waals surface area (Å²) >= 11 is 1.77.